The zero-order chi connectivity index (χ0) is 14.1. The lowest BCUT2D eigenvalue weighted by Crippen LogP contribution is -2.02. The Balaban J connectivity index is 2.15. The molecule has 0 unspecified atom stereocenters. The molecule has 0 saturated heterocycles. The molecule has 0 fully saturated rings. The number of aryl methyl sites for hydroxylation is 2. The van der Waals surface area contributed by atoms with Crippen LogP contribution < -0.4 is 5.73 Å². The average molecular weight is 265 g/mol. The van der Waals surface area contributed by atoms with E-state index in [0.717, 1.165) is 11.3 Å². The van der Waals surface area contributed by atoms with Gasteiger partial charge in [-0.3, -0.25) is 0 Å². The normalized spacial score (nSPS) is 10.7. The fourth-order valence-electron chi connectivity index (χ4n) is 2.09. The first kappa shape index (κ1) is 12.3. The van der Waals surface area contributed by atoms with Gasteiger partial charge in [0.2, 0.25) is 0 Å². The summed E-state index contributed by atoms with van der Waals surface area (Å²) in [6.45, 7) is 4.15. The van der Waals surface area contributed by atoms with Crippen molar-refractivity contribution < 1.29 is 0 Å². The van der Waals surface area contributed by atoms with Crippen molar-refractivity contribution in [2.75, 3.05) is 5.73 Å². The van der Waals surface area contributed by atoms with Gasteiger partial charge >= 0.3 is 0 Å². The molecule has 3 aromatic rings. The van der Waals surface area contributed by atoms with Crippen LogP contribution in [0.15, 0.2) is 42.5 Å². The summed E-state index contributed by atoms with van der Waals surface area (Å²) in [5.74, 6) is 0.645. The number of rotatable bonds is 2. The van der Waals surface area contributed by atoms with Gasteiger partial charge in [0, 0.05) is 11.3 Å². The second kappa shape index (κ2) is 4.77. The maximum Gasteiger partial charge on any atom is 0.189 e. The smallest absolute Gasteiger partial charge is 0.189 e. The van der Waals surface area contributed by atoms with Crippen LogP contribution in [0.3, 0.4) is 0 Å². The molecule has 0 amide bonds. The number of para-hydroxylation sites is 1. The van der Waals surface area contributed by atoms with Gasteiger partial charge in [0.1, 0.15) is 0 Å². The molecule has 0 spiro atoms. The summed E-state index contributed by atoms with van der Waals surface area (Å²) in [4.78, 5) is 0. The van der Waals surface area contributed by atoms with Crippen LogP contribution in [-0.2, 0) is 0 Å². The topological polar surface area (TPSA) is 69.6 Å². The van der Waals surface area contributed by atoms with E-state index in [1.165, 1.54) is 11.1 Å². The summed E-state index contributed by atoms with van der Waals surface area (Å²) in [5.41, 5.74) is 10.9. The van der Waals surface area contributed by atoms with Crippen LogP contribution in [0, 0.1) is 13.8 Å². The highest BCUT2D eigenvalue weighted by atomic mass is 15.5. The van der Waals surface area contributed by atoms with Gasteiger partial charge in [-0.2, -0.15) is 4.68 Å². The Hall–Kier alpha value is -2.69. The van der Waals surface area contributed by atoms with Crippen molar-refractivity contribution in [3.63, 3.8) is 0 Å². The number of benzene rings is 2. The van der Waals surface area contributed by atoms with Gasteiger partial charge in [-0.15, -0.1) is 5.10 Å². The maximum atomic E-state index is 6.00. The molecule has 20 heavy (non-hydrogen) atoms. The summed E-state index contributed by atoms with van der Waals surface area (Å²) < 4.78 is 1.71. The number of nitrogen functional groups attached to an aromatic ring is 1. The molecular weight excluding hydrogens is 250 g/mol. The fraction of sp³-hybridized carbons (Fsp3) is 0.133. The molecule has 2 aromatic carbocycles. The Bertz CT molecular complexity index is 760. The van der Waals surface area contributed by atoms with Crippen molar-refractivity contribution in [3.8, 4) is 17.1 Å². The van der Waals surface area contributed by atoms with E-state index >= 15 is 0 Å². The Morgan fingerprint density at radius 3 is 2.55 bits per heavy atom. The van der Waals surface area contributed by atoms with Crippen molar-refractivity contribution in [2.45, 2.75) is 13.8 Å². The van der Waals surface area contributed by atoms with Crippen LogP contribution in [-0.4, -0.2) is 20.2 Å². The van der Waals surface area contributed by atoms with E-state index in [9.17, 15) is 0 Å². The molecule has 0 saturated carbocycles. The van der Waals surface area contributed by atoms with Crippen LogP contribution in [0.4, 0.5) is 5.69 Å². The predicted octanol–water partition coefficient (Wildman–Crippen LogP) is 2.53. The maximum absolute atomic E-state index is 6.00. The molecule has 0 aliphatic carbocycles. The number of hydrogen-bond acceptors (Lipinski definition) is 4. The molecule has 0 aliphatic rings. The molecule has 0 bridgehead atoms. The first-order valence-electron chi connectivity index (χ1n) is 6.37. The van der Waals surface area contributed by atoms with Gasteiger partial charge in [0.05, 0.1) is 5.69 Å². The minimum absolute atomic E-state index is 0.645. The van der Waals surface area contributed by atoms with Crippen molar-refractivity contribution >= 4 is 5.69 Å². The molecule has 100 valence electrons. The van der Waals surface area contributed by atoms with E-state index in [2.05, 4.69) is 41.5 Å². The number of anilines is 1. The van der Waals surface area contributed by atoms with Gasteiger partial charge in [-0.05, 0) is 59.7 Å². The van der Waals surface area contributed by atoms with E-state index in [1.54, 1.807) is 4.68 Å². The highest BCUT2D eigenvalue weighted by molar-refractivity contribution is 5.72. The van der Waals surface area contributed by atoms with E-state index in [0.29, 0.717) is 11.5 Å². The number of tetrazole rings is 1. The van der Waals surface area contributed by atoms with Gasteiger partial charge in [0.15, 0.2) is 5.82 Å². The summed E-state index contributed by atoms with van der Waals surface area (Å²) >= 11 is 0. The predicted molar refractivity (Wildman–Crippen MR) is 78.5 cm³/mol. The van der Waals surface area contributed by atoms with Crippen LogP contribution in [0.5, 0.6) is 0 Å². The Morgan fingerprint density at radius 2 is 1.80 bits per heavy atom. The first-order chi connectivity index (χ1) is 9.66. The third-order valence-electron chi connectivity index (χ3n) is 3.41. The molecule has 2 N–H and O–H groups in total. The number of nitrogens with zero attached hydrogens (tertiary/aromatic N) is 4. The second-order valence-corrected chi connectivity index (χ2v) is 4.77. The lowest BCUT2D eigenvalue weighted by Gasteiger charge is -2.08. The highest BCUT2D eigenvalue weighted by Gasteiger charge is 2.13. The van der Waals surface area contributed by atoms with Crippen LogP contribution in [0.2, 0.25) is 0 Å². The zero-order valence-corrected chi connectivity index (χ0v) is 11.4. The van der Waals surface area contributed by atoms with Crippen LogP contribution in [0.25, 0.3) is 17.1 Å². The third kappa shape index (κ3) is 2.03. The SMILES string of the molecule is Cc1ccc(-n2nnnc2-c2ccccc2N)cc1C. The Kier molecular flexibility index (Phi) is 2.95. The quantitative estimate of drug-likeness (QED) is 0.723. The Labute approximate surface area is 117 Å². The zero-order valence-electron chi connectivity index (χ0n) is 11.4. The minimum atomic E-state index is 0.645. The lowest BCUT2D eigenvalue weighted by atomic mass is 10.1. The van der Waals surface area contributed by atoms with Crippen molar-refractivity contribution in [1.82, 2.24) is 20.2 Å². The van der Waals surface area contributed by atoms with Gasteiger partial charge in [-0.25, -0.2) is 0 Å². The molecular formula is C15H15N5. The number of nitrogens with two attached hydrogens (primary N) is 1. The molecule has 0 aliphatic heterocycles. The molecule has 5 nitrogen and oxygen atoms in total. The van der Waals surface area contributed by atoms with Gasteiger partial charge < -0.3 is 5.73 Å². The van der Waals surface area contributed by atoms with Crippen molar-refractivity contribution in [2.24, 2.45) is 0 Å². The summed E-state index contributed by atoms with van der Waals surface area (Å²) in [5, 5.41) is 11.9. The van der Waals surface area contributed by atoms with Crippen molar-refractivity contribution in [1.29, 1.82) is 0 Å². The monoisotopic (exact) mass is 265 g/mol. The van der Waals surface area contributed by atoms with E-state index < -0.39 is 0 Å². The molecule has 0 radical (unpaired) electrons. The number of hydrogen-bond donors (Lipinski definition) is 1. The molecule has 5 heteroatoms. The van der Waals surface area contributed by atoms with Crippen molar-refractivity contribution in [3.05, 3.63) is 53.6 Å². The molecule has 3 rings (SSSR count). The Morgan fingerprint density at radius 1 is 1.00 bits per heavy atom. The summed E-state index contributed by atoms with van der Waals surface area (Å²) in [7, 11) is 0. The van der Waals surface area contributed by atoms with E-state index in [4.69, 9.17) is 5.73 Å². The molecule has 1 heterocycles. The van der Waals surface area contributed by atoms with Crippen LogP contribution in [0.1, 0.15) is 11.1 Å². The highest BCUT2D eigenvalue weighted by Crippen LogP contribution is 2.25. The standard InChI is InChI=1S/C15H15N5/c1-10-7-8-12(9-11(10)2)20-15(17-18-19-20)13-5-3-4-6-14(13)16/h3-9H,16H2,1-2H3. The minimum Gasteiger partial charge on any atom is -0.398 e. The largest absolute Gasteiger partial charge is 0.398 e. The molecule has 0 atom stereocenters. The fourth-order valence-corrected chi connectivity index (χ4v) is 2.09. The first-order valence-corrected chi connectivity index (χ1v) is 6.37. The van der Waals surface area contributed by atoms with E-state index in [1.807, 2.05) is 30.3 Å². The summed E-state index contributed by atoms with van der Waals surface area (Å²) in [6, 6.07) is 13.7. The number of aromatic nitrogens is 4. The third-order valence-corrected chi connectivity index (χ3v) is 3.41. The van der Waals surface area contributed by atoms with Gasteiger partial charge in [0.25, 0.3) is 0 Å². The average Bonchev–Trinajstić information content (AvgIpc) is 2.91. The van der Waals surface area contributed by atoms with E-state index in [-0.39, 0.29) is 0 Å². The lowest BCUT2D eigenvalue weighted by molar-refractivity contribution is 0.790. The van der Waals surface area contributed by atoms with Crippen LogP contribution >= 0.6 is 0 Å². The molecule has 1 aromatic heterocycles. The van der Waals surface area contributed by atoms with Gasteiger partial charge in [-0.1, -0.05) is 18.2 Å². The summed E-state index contributed by atoms with van der Waals surface area (Å²) in [6.07, 6.45) is 0. The second-order valence-electron chi connectivity index (χ2n) is 4.77.